The molecule has 1 amide bonds. The second-order valence-electron chi connectivity index (χ2n) is 7.29. The van der Waals surface area contributed by atoms with Crippen LogP contribution in [0.2, 0.25) is 0 Å². The van der Waals surface area contributed by atoms with Crippen molar-refractivity contribution in [1.82, 2.24) is 5.32 Å². The summed E-state index contributed by atoms with van der Waals surface area (Å²) in [5.41, 5.74) is 3.96. The molecule has 0 aromatic heterocycles. The summed E-state index contributed by atoms with van der Waals surface area (Å²) < 4.78 is 30.8. The molecule has 0 heterocycles. The Hall–Kier alpha value is -2.54. The van der Waals surface area contributed by atoms with Crippen molar-refractivity contribution in [3.05, 3.63) is 59.2 Å². The van der Waals surface area contributed by atoms with Crippen LogP contribution in [0.15, 0.2) is 42.5 Å². The van der Waals surface area contributed by atoms with E-state index in [1.807, 2.05) is 32.9 Å². The number of ether oxygens (including phenoxy) is 1. The molecule has 1 N–H and O–H groups in total. The first-order chi connectivity index (χ1) is 13.6. The highest BCUT2D eigenvalue weighted by molar-refractivity contribution is 7.92. The van der Waals surface area contributed by atoms with Gasteiger partial charge in [0.1, 0.15) is 5.75 Å². The number of rotatable bonds is 9. The van der Waals surface area contributed by atoms with Gasteiger partial charge >= 0.3 is 0 Å². The third-order valence-corrected chi connectivity index (χ3v) is 5.99. The van der Waals surface area contributed by atoms with Gasteiger partial charge in [-0.1, -0.05) is 23.8 Å². The van der Waals surface area contributed by atoms with E-state index >= 15 is 0 Å². The molecule has 0 aliphatic heterocycles. The first-order valence-electron chi connectivity index (χ1n) is 9.60. The summed E-state index contributed by atoms with van der Waals surface area (Å²) in [7, 11) is -1.89. The number of methoxy groups -OCH3 is 1. The first-order valence-corrected chi connectivity index (χ1v) is 11.4. The van der Waals surface area contributed by atoms with Gasteiger partial charge in [0, 0.05) is 13.0 Å². The maximum atomic E-state index is 12.4. The number of hydrogen-bond acceptors (Lipinski definition) is 4. The van der Waals surface area contributed by atoms with Gasteiger partial charge in [-0.2, -0.15) is 0 Å². The Morgan fingerprint density at radius 3 is 2.34 bits per heavy atom. The number of sulfonamides is 1. The lowest BCUT2D eigenvalue weighted by molar-refractivity contribution is -0.121. The number of nitrogens with one attached hydrogen (secondary N) is 1. The molecular weight excluding hydrogens is 388 g/mol. The van der Waals surface area contributed by atoms with E-state index in [4.69, 9.17) is 4.74 Å². The number of anilines is 1. The Kier molecular flexibility index (Phi) is 7.67. The Morgan fingerprint density at radius 1 is 1.14 bits per heavy atom. The number of aryl methyl sites for hydroxylation is 2. The molecule has 0 saturated heterocycles. The van der Waals surface area contributed by atoms with Crippen LogP contribution in [-0.2, 0) is 14.8 Å². The van der Waals surface area contributed by atoms with E-state index in [0.29, 0.717) is 17.9 Å². The number of nitrogens with zero attached hydrogens (tertiary/aromatic N) is 1. The Labute approximate surface area is 173 Å². The van der Waals surface area contributed by atoms with Crippen LogP contribution in [-0.4, -0.2) is 34.2 Å². The molecule has 0 bridgehead atoms. The molecule has 0 spiro atoms. The van der Waals surface area contributed by atoms with Crippen LogP contribution >= 0.6 is 0 Å². The van der Waals surface area contributed by atoms with Gasteiger partial charge in [0.25, 0.3) is 0 Å². The van der Waals surface area contributed by atoms with Gasteiger partial charge < -0.3 is 10.1 Å². The van der Waals surface area contributed by atoms with Crippen LogP contribution in [0.4, 0.5) is 5.69 Å². The Balaban J connectivity index is 1.95. The Bertz CT molecular complexity index is 940. The van der Waals surface area contributed by atoms with Crippen LogP contribution in [0.3, 0.4) is 0 Å². The van der Waals surface area contributed by atoms with Gasteiger partial charge in [0.05, 0.1) is 25.1 Å². The predicted octanol–water partition coefficient (Wildman–Crippen LogP) is 3.74. The van der Waals surface area contributed by atoms with E-state index < -0.39 is 10.0 Å². The zero-order valence-corrected chi connectivity index (χ0v) is 18.5. The lowest BCUT2D eigenvalue weighted by Crippen LogP contribution is -2.32. The number of hydrogen-bond donors (Lipinski definition) is 1. The maximum absolute atomic E-state index is 12.4. The average Bonchev–Trinajstić information content (AvgIpc) is 2.64. The highest BCUT2D eigenvalue weighted by Gasteiger charge is 2.18. The van der Waals surface area contributed by atoms with Crippen LogP contribution < -0.4 is 14.4 Å². The summed E-state index contributed by atoms with van der Waals surface area (Å²) in [4.78, 5) is 12.4. The Morgan fingerprint density at radius 2 is 1.79 bits per heavy atom. The van der Waals surface area contributed by atoms with Gasteiger partial charge in [-0.15, -0.1) is 0 Å². The molecular formula is C22H30N2O4S. The van der Waals surface area contributed by atoms with Crippen molar-refractivity contribution in [3.63, 3.8) is 0 Å². The number of amides is 1. The smallest absolute Gasteiger partial charge is 0.232 e. The highest BCUT2D eigenvalue weighted by Crippen LogP contribution is 2.22. The SMILES string of the molecule is COc1ccc(N(CCCC(=O)NC(C)c2ccc(C)cc2C)S(C)(=O)=O)cc1. The largest absolute Gasteiger partial charge is 0.497 e. The van der Waals surface area contributed by atoms with Crippen molar-refractivity contribution in [2.24, 2.45) is 0 Å². The second kappa shape index (κ2) is 9.78. The fourth-order valence-corrected chi connectivity index (χ4v) is 4.29. The molecule has 1 atom stereocenters. The van der Waals surface area contributed by atoms with E-state index in [2.05, 4.69) is 11.4 Å². The predicted molar refractivity (Wildman–Crippen MR) is 117 cm³/mol. The minimum absolute atomic E-state index is 0.0966. The second-order valence-corrected chi connectivity index (χ2v) is 9.19. The summed E-state index contributed by atoms with van der Waals surface area (Å²) in [5, 5.41) is 3.00. The fraction of sp³-hybridized carbons (Fsp3) is 0.409. The van der Waals surface area contributed by atoms with Gasteiger partial charge in [0.15, 0.2) is 0 Å². The van der Waals surface area contributed by atoms with Crippen LogP contribution in [0.5, 0.6) is 5.75 Å². The van der Waals surface area contributed by atoms with E-state index in [1.54, 1.807) is 31.4 Å². The molecule has 2 aromatic carbocycles. The summed E-state index contributed by atoms with van der Waals surface area (Å²) >= 11 is 0. The molecule has 0 fully saturated rings. The average molecular weight is 419 g/mol. The van der Waals surface area contributed by atoms with E-state index in [0.717, 1.165) is 11.1 Å². The summed E-state index contributed by atoms with van der Waals surface area (Å²) in [5.74, 6) is 0.558. The molecule has 2 aromatic rings. The fourth-order valence-electron chi connectivity index (χ4n) is 3.32. The standard InChI is InChI=1S/C22H30N2O4S/c1-16-8-13-21(17(2)15-16)18(3)23-22(25)7-6-14-24(29(5,26)27)19-9-11-20(28-4)12-10-19/h8-13,15,18H,6-7,14H2,1-5H3,(H,23,25). The number of carbonyl (C=O) groups excluding carboxylic acids is 1. The quantitative estimate of drug-likeness (QED) is 0.673. The summed E-state index contributed by atoms with van der Waals surface area (Å²) in [6.07, 6.45) is 1.83. The van der Waals surface area contributed by atoms with E-state index in [1.165, 1.54) is 16.1 Å². The third kappa shape index (κ3) is 6.49. The van der Waals surface area contributed by atoms with Crippen molar-refractivity contribution in [3.8, 4) is 5.75 Å². The molecule has 0 aliphatic rings. The molecule has 6 nitrogen and oxygen atoms in total. The van der Waals surface area contributed by atoms with Crippen molar-refractivity contribution in [1.29, 1.82) is 0 Å². The monoisotopic (exact) mass is 418 g/mol. The zero-order chi connectivity index (χ0) is 21.6. The number of carbonyl (C=O) groups is 1. The lowest BCUT2D eigenvalue weighted by atomic mass is 10.00. The molecule has 0 aliphatic carbocycles. The van der Waals surface area contributed by atoms with Crippen molar-refractivity contribution < 1.29 is 17.9 Å². The molecule has 7 heteroatoms. The van der Waals surface area contributed by atoms with Crippen LogP contribution in [0.1, 0.15) is 42.5 Å². The van der Waals surface area contributed by atoms with E-state index in [-0.39, 0.29) is 24.9 Å². The number of benzene rings is 2. The minimum Gasteiger partial charge on any atom is -0.497 e. The summed E-state index contributed by atoms with van der Waals surface area (Å²) in [6, 6.07) is 12.9. The summed E-state index contributed by atoms with van der Waals surface area (Å²) in [6.45, 7) is 6.26. The van der Waals surface area contributed by atoms with Gasteiger partial charge in [0.2, 0.25) is 15.9 Å². The van der Waals surface area contributed by atoms with Gasteiger partial charge in [-0.25, -0.2) is 8.42 Å². The van der Waals surface area contributed by atoms with Crippen molar-refractivity contribution in [2.45, 2.75) is 39.7 Å². The first kappa shape index (κ1) is 22.7. The van der Waals surface area contributed by atoms with Crippen molar-refractivity contribution >= 4 is 21.6 Å². The molecule has 158 valence electrons. The van der Waals surface area contributed by atoms with Gasteiger partial charge in [-0.3, -0.25) is 9.10 Å². The van der Waals surface area contributed by atoms with E-state index in [9.17, 15) is 13.2 Å². The molecule has 0 saturated carbocycles. The molecule has 2 rings (SSSR count). The van der Waals surface area contributed by atoms with Crippen LogP contribution in [0.25, 0.3) is 0 Å². The van der Waals surface area contributed by atoms with Gasteiger partial charge in [-0.05, 0) is 62.6 Å². The minimum atomic E-state index is -3.45. The highest BCUT2D eigenvalue weighted by atomic mass is 32.2. The topological polar surface area (TPSA) is 75.7 Å². The molecule has 1 unspecified atom stereocenters. The normalized spacial score (nSPS) is 12.3. The molecule has 29 heavy (non-hydrogen) atoms. The third-order valence-electron chi connectivity index (χ3n) is 4.80. The van der Waals surface area contributed by atoms with Crippen LogP contribution in [0, 0.1) is 13.8 Å². The van der Waals surface area contributed by atoms with Crippen molar-refractivity contribution in [2.75, 3.05) is 24.2 Å². The molecule has 0 radical (unpaired) electrons. The maximum Gasteiger partial charge on any atom is 0.232 e. The zero-order valence-electron chi connectivity index (χ0n) is 17.7. The lowest BCUT2D eigenvalue weighted by Gasteiger charge is -2.23.